The Kier molecular flexibility index (Phi) is 11.8. The van der Waals surface area contributed by atoms with Gasteiger partial charge in [-0.25, -0.2) is 10.5 Å². The van der Waals surface area contributed by atoms with E-state index in [0.717, 1.165) is 34.7 Å². The number of nitrogens with zero attached hydrogens (tertiary/aromatic N) is 2. The summed E-state index contributed by atoms with van der Waals surface area (Å²) in [6.07, 6.45) is 7.14. The molecule has 1 aliphatic rings. The average Bonchev–Trinajstić information content (AvgIpc) is 3.42. The smallest absolute Gasteiger partial charge is 0.243 e. The van der Waals surface area contributed by atoms with Crippen molar-refractivity contribution in [1.29, 1.82) is 0 Å². The van der Waals surface area contributed by atoms with Gasteiger partial charge in [-0.1, -0.05) is 61.0 Å². The third kappa shape index (κ3) is 9.40. The van der Waals surface area contributed by atoms with E-state index >= 15 is 0 Å². The zero-order chi connectivity index (χ0) is 29.0. The van der Waals surface area contributed by atoms with Crippen LogP contribution < -0.4 is 10.8 Å². The average molecular weight is 583 g/mol. The highest BCUT2D eigenvalue weighted by Gasteiger charge is 2.32. The van der Waals surface area contributed by atoms with E-state index in [1.807, 2.05) is 66.3 Å². The van der Waals surface area contributed by atoms with Gasteiger partial charge in [0, 0.05) is 55.7 Å². The van der Waals surface area contributed by atoms with Crippen molar-refractivity contribution >= 4 is 29.3 Å². The Labute approximate surface area is 244 Å². The van der Waals surface area contributed by atoms with Crippen molar-refractivity contribution in [2.75, 3.05) is 11.1 Å². The monoisotopic (exact) mass is 582 g/mol. The number of hydrogen-bond acceptors (Lipinski definition) is 8. The molecule has 2 aromatic carbocycles. The summed E-state index contributed by atoms with van der Waals surface area (Å²) in [5, 5.41) is 21.9. The molecule has 0 aliphatic carbocycles. The molecule has 0 spiro atoms. The maximum atomic E-state index is 12.6. The standard InChI is InChI=1S/C30H38N4O6S/c1-34-16-15-31-30(34)41-20-25-18-26(22-13-11-21(19-35)12-14-22)40-29(39-25)23-7-6-8-24(17-23)32-27(36)9-4-2-3-5-10-28(37)33-38/h6-8,11-17,25-26,29,35,38H,2-5,9-10,18-20H2,1H3,(H,32,36)(H,33,37). The third-order valence-electron chi connectivity index (χ3n) is 6.92. The highest BCUT2D eigenvalue weighted by atomic mass is 32.2. The quantitative estimate of drug-likeness (QED) is 0.0899. The Morgan fingerprint density at radius 2 is 1.78 bits per heavy atom. The molecule has 3 aromatic rings. The largest absolute Gasteiger partial charge is 0.392 e. The topological polar surface area (TPSA) is 135 Å². The number of carbonyl (C=O) groups excluding carboxylic acids is 2. The van der Waals surface area contributed by atoms with E-state index in [-0.39, 0.29) is 31.1 Å². The number of thioether (sulfide) groups is 1. The minimum Gasteiger partial charge on any atom is -0.392 e. The normalized spacial score (nSPS) is 18.7. The molecule has 10 nitrogen and oxygen atoms in total. The number of amides is 2. The molecule has 3 unspecified atom stereocenters. The molecule has 0 bridgehead atoms. The van der Waals surface area contributed by atoms with Crippen LogP contribution in [0.15, 0.2) is 66.1 Å². The van der Waals surface area contributed by atoms with Crippen LogP contribution in [0, 0.1) is 0 Å². The summed E-state index contributed by atoms with van der Waals surface area (Å²) in [6.45, 7) is -0.0116. The lowest BCUT2D eigenvalue weighted by atomic mass is 10.0. The summed E-state index contributed by atoms with van der Waals surface area (Å²) in [5.41, 5.74) is 4.98. The number of hydrogen-bond donors (Lipinski definition) is 4. The lowest BCUT2D eigenvalue weighted by molar-refractivity contribution is -0.245. The molecular weight excluding hydrogens is 544 g/mol. The van der Waals surface area contributed by atoms with Crippen molar-refractivity contribution in [2.24, 2.45) is 7.05 Å². The summed E-state index contributed by atoms with van der Waals surface area (Å²) in [4.78, 5) is 28.0. The number of aryl methyl sites for hydroxylation is 1. The molecule has 4 N–H and O–H groups in total. The Morgan fingerprint density at radius 1 is 1.02 bits per heavy atom. The summed E-state index contributed by atoms with van der Waals surface area (Å²) in [6, 6.07) is 15.3. The highest BCUT2D eigenvalue weighted by molar-refractivity contribution is 7.99. The fourth-order valence-corrected chi connectivity index (χ4v) is 5.60. The van der Waals surface area contributed by atoms with E-state index in [0.29, 0.717) is 37.1 Å². The van der Waals surface area contributed by atoms with Gasteiger partial charge < -0.3 is 24.5 Å². The van der Waals surface area contributed by atoms with Crippen LogP contribution in [0.1, 0.15) is 74.0 Å². The summed E-state index contributed by atoms with van der Waals surface area (Å²) in [5.74, 6) is 0.237. The van der Waals surface area contributed by atoms with Gasteiger partial charge in [-0.15, -0.1) is 0 Å². The van der Waals surface area contributed by atoms with Gasteiger partial charge in [0.25, 0.3) is 0 Å². The number of benzene rings is 2. The second-order valence-electron chi connectivity index (χ2n) is 10.1. The van der Waals surface area contributed by atoms with Gasteiger partial charge in [-0.05, 0) is 36.1 Å². The van der Waals surface area contributed by atoms with Crippen LogP contribution in [0.3, 0.4) is 0 Å². The summed E-state index contributed by atoms with van der Waals surface area (Å²) in [7, 11) is 1.97. The van der Waals surface area contributed by atoms with Crippen molar-refractivity contribution in [2.45, 2.75) is 75.2 Å². The molecule has 1 fully saturated rings. The lowest BCUT2D eigenvalue weighted by Crippen LogP contribution is -2.31. The van der Waals surface area contributed by atoms with Gasteiger partial charge in [0.1, 0.15) is 0 Å². The van der Waals surface area contributed by atoms with Gasteiger partial charge in [-0.2, -0.15) is 0 Å². The Balaban J connectivity index is 1.37. The van der Waals surface area contributed by atoms with Gasteiger partial charge >= 0.3 is 0 Å². The first-order valence-corrected chi connectivity index (χ1v) is 14.9. The number of anilines is 1. The maximum absolute atomic E-state index is 12.6. The zero-order valence-corrected chi connectivity index (χ0v) is 24.0. The number of nitrogens with one attached hydrogen (secondary N) is 2. The molecule has 4 rings (SSSR count). The lowest BCUT2D eigenvalue weighted by Gasteiger charge is -2.36. The van der Waals surface area contributed by atoms with E-state index in [2.05, 4.69) is 10.3 Å². The van der Waals surface area contributed by atoms with Crippen molar-refractivity contribution in [3.63, 3.8) is 0 Å². The maximum Gasteiger partial charge on any atom is 0.243 e. The Bertz CT molecular complexity index is 1270. The molecule has 1 aliphatic heterocycles. The van der Waals surface area contributed by atoms with Gasteiger partial charge in [0.05, 0.1) is 18.8 Å². The number of aliphatic hydroxyl groups is 1. The molecule has 1 saturated heterocycles. The molecule has 220 valence electrons. The fourth-order valence-electron chi connectivity index (χ4n) is 4.65. The molecule has 2 heterocycles. The molecular formula is C30H38N4O6S. The number of imidazole rings is 1. The van der Waals surface area contributed by atoms with Crippen molar-refractivity contribution < 1.29 is 29.4 Å². The Morgan fingerprint density at radius 3 is 2.46 bits per heavy atom. The van der Waals surface area contributed by atoms with E-state index in [1.54, 1.807) is 23.4 Å². The summed E-state index contributed by atoms with van der Waals surface area (Å²) < 4.78 is 14.8. The number of rotatable bonds is 14. The Hall–Kier alpha value is -3.22. The predicted molar refractivity (Wildman–Crippen MR) is 155 cm³/mol. The van der Waals surface area contributed by atoms with E-state index in [9.17, 15) is 14.7 Å². The number of hydroxylamine groups is 1. The van der Waals surface area contributed by atoms with Gasteiger partial charge in [0.2, 0.25) is 11.8 Å². The number of carbonyl (C=O) groups is 2. The highest BCUT2D eigenvalue weighted by Crippen LogP contribution is 2.39. The number of aliphatic hydroxyl groups excluding tert-OH is 1. The molecule has 41 heavy (non-hydrogen) atoms. The number of unbranched alkanes of at least 4 members (excludes halogenated alkanes) is 3. The van der Waals surface area contributed by atoms with Crippen LogP contribution in [0.4, 0.5) is 5.69 Å². The first kappa shape index (κ1) is 30.7. The zero-order valence-electron chi connectivity index (χ0n) is 23.2. The van der Waals surface area contributed by atoms with Crippen molar-refractivity contribution in [1.82, 2.24) is 15.0 Å². The van der Waals surface area contributed by atoms with E-state index in [4.69, 9.17) is 14.7 Å². The van der Waals surface area contributed by atoms with Crippen LogP contribution in [0.5, 0.6) is 0 Å². The number of aromatic nitrogens is 2. The molecule has 0 saturated carbocycles. The second kappa shape index (κ2) is 15.7. The van der Waals surface area contributed by atoms with Gasteiger partial charge in [-0.3, -0.25) is 14.8 Å². The first-order chi connectivity index (χ1) is 19.9. The molecule has 11 heteroatoms. The SMILES string of the molecule is Cn1ccnc1SCC1CC(c2ccc(CO)cc2)OC(c2cccc(NC(=O)CCCCCCC(=O)NO)c2)O1. The van der Waals surface area contributed by atoms with E-state index in [1.165, 1.54) is 0 Å². The van der Waals surface area contributed by atoms with Crippen LogP contribution in [0.2, 0.25) is 0 Å². The minimum atomic E-state index is -0.619. The predicted octanol–water partition coefficient (Wildman–Crippen LogP) is 5.03. The fraction of sp³-hybridized carbons (Fsp3) is 0.433. The minimum absolute atomic E-state index is 0.0116. The van der Waals surface area contributed by atoms with Crippen molar-refractivity contribution in [3.8, 4) is 0 Å². The van der Waals surface area contributed by atoms with Crippen LogP contribution in [-0.2, 0) is 32.7 Å². The van der Waals surface area contributed by atoms with Crippen LogP contribution in [-0.4, -0.2) is 43.5 Å². The molecule has 1 aromatic heterocycles. The van der Waals surface area contributed by atoms with Crippen LogP contribution in [0.25, 0.3) is 0 Å². The number of ether oxygens (including phenoxy) is 2. The molecule has 3 atom stereocenters. The molecule has 2 amide bonds. The first-order valence-electron chi connectivity index (χ1n) is 13.9. The summed E-state index contributed by atoms with van der Waals surface area (Å²) >= 11 is 1.64. The van der Waals surface area contributed by atoms with E-state index < -0.39 is 12.2 Å². The van der Waals surface area contributed by atoms with Gasteiger partial charge in [0.15, 0.2) is 11.4 Å². The van der Waals surface area contributed by atoms with Crippen LogP contribution >= 0.6 is 11.8 Å². The second-order valence-corrected chi connectivity index (χ2v) is 11.1. The third-order valence-corrected chi connectivity index (χ3v) is 8.11. The molecule has 0 radical (unpaired) electrons. The van der Waals surface area contributed by atoms with Crippen molar-refractivity contribution in [3.05, 3.63) is 77.6 Å².